The molecule has 140 valence electrons. The Kier molecular flexibility index (Phi) is 6.81. The van der Waals surface area contributed by atoms with Crippen LogP contribution in [0.1, 0.15) is 23.1 Å². The van der Waals surface area contributed by atoms with Crippen molar-refractivity contribution in [1.82, 2.24) is 4.31 Å². The Labute approximate surface area is 160 Å². The second kappa shape index (κ2) is 8.66. The van der Waals surface area contributed by atoms with Gasteiger partial charge in [0.1, 0.15) is 0 Å². The molecule has 0 aliphatic rings. The summed E-state index contributed by atoms with van der Waals surface area (Å²) in [7, 11) is -3.43. The van der Waals surface area contributed by atoms with Crippen molar-refractivity contribution in [3.05, 3.63) is 64.2 Å². The van der Waals surface area contributed by atoms with Gasteiger partial charge in [0.15, 0.2) is 0 Å². The Hall–Kier alpha value is -1.89. The summed E-state index contributed by atoms with van der Waals surface area (Å²) in [5.74, 6) is -0.242. The van der Waals surface area contributed by atoms with Crippen molar-refractivity contribution in [3.63, 3.8) is 0 Å². The lowest BCUT2D eigenvalue weighted by atomic mass is 10.1. The Morgan fingerprint density at radius 2 is 1.81 bits per heavy atom. The molecule has 0 unspecified atom stereocenters. The van der Waals surface area contributed by atoms with Crippen LogP contribution in [0.4, 0.5) is 5.69 Å². The maximum atomic E-state index is 12.2. The minimum absolute atomic E-state index is 0.0705. The van der Waals surface area contributed by atoms with Gasteiger partial charge in [-0.2, -0.15) is 4.31 Å². The number of carbonyl (C=O) groups is 1. The molecular weight excluding hydrogens is 372 g/mol. The van der Waals surface area contributed by atoms with Crippen molar-refractivity contribution in [2.75, 3.05) is 18.1 Å². The van der Waals surface area contributed by atoms with Crippen LogP contribution in [0.25, 0.3) is 0 Å². The first kappa shape index (κ1) is 20.4. The lowest BCUT2D eigenvalue weighted by Gasteiger charge is -2.21. The maximum Gasteiger partial charge on any atom is 0.225 e. The highest BCUT2D eigenvalue weighted by atomic mass is 35.5. The first-order valence-corrected chi connectivity index (χ1v) is 10.4. The zero-order valence-corrected chi connectivity index (χ0v) is 16.7. The standard InChI is InChI=1S/C19H23ClN2O3S/c1-14-6-4-5-7-16(14)13-22(26(3,24)25)11-10-19(23)21-18-9-8-17(20)12-15(18)2/h4-9,12H,10-11,13H2,1-3H3,(H,21,23). The van der Waals surface area contributed by atoms with Gasteiger partial charge < -0.3 is 5.32 Å². The van der Waals surface area contributed by atoms with E-state index in [2.05, 4.69) is 5.32 Å². The molecule has 1 N–H and O–H groups in total. The summed E-state index contributed by atoms with van der Waals surface area (Å²) >= 11 is 5.91. The predicted molar refractivity (Wildman–Crippen MR) is 106 cm³/mol. The van der Waals surface area contributed by atoms with Gasteiger partial charge >= 0.3 is 0 Å². The van der Waals surface area contributed by atoms with Crippen molar-refractivity contribution < 1.29 is 13.2 Å². The fraction of sp³-hybridized carbons (Fsp3) is 0.316. The number of amides is 1. The summed E-state index contributed by atoms with van der Waals surface area (Å²) in [5.41, 5.74) is 3.46. The van der Waals surface area contributed by atoms with Crippen molar-refractivity contribution in [2.24, 2.45) is 0 Å². The summed E-state index contributed by atoms with van der Waals surface area (Å²) in [6, 6.07) is 12.8. The van der Waals surface area contributed by atoms with Crippen LogP contribution in [0.5, 0.6) is 0 Å². The molecule has 7 heteroatoms. The number of nitrogens with zero attached hydrogens (tertiary/aromatic N) is 1. The number of anilines is 1. The highest BCUT2D eigenvalue weighted by Gasteiger charge is 2.19. The summed E-state index contributed by atoms with van der Waals surface area (Å²) in [4.78, 5) is 12.2. The Morgan fingerprint density at radius 1 is 1.12 bits per heavy atom. The third-order valence-corrected chi connectivity index (χ3v) is 5.61. The van der Waals surface area contributed by atoms with E-state index in [-0.39, 0.29) is 25.4 Å². The second-order valence-corrected chi connectivity index (χ2v) is 8.70. The number of rotatable bonds is 7. The van der Waals surface area contributed by atoms with E-state index in [0.717, 1.165) is 22.9 Å². The van der Waals surface area contributed by atoms with Crippen LogP contribution in [-0.2, 0) is 21.4 Å². The Morgan fingerprint density at radius 3 is 2.42 bits per heavy atom. The fourth-order valence-electron chi connectivity index (χ4n) is 2.55. The maximum absolute atomic E-state index is 12.2. The highest BCUT2D eigenvalue weighted by molar-refractivity contribution is 7.88. The van der Waals surface area contributed by atoms with Crippen molar-refractivity contribution in [3.8, 4) is 0 Å². The number of aryl methyl sites for hydroxylation is 2. The molecule has 0 bridgehead atoms. The molecule has 2 aromatic carbocycles. The number of hydrogen-bond donors (Lipinski definition) is 1. The zero-order chi connectivity index (χ0) is 19.3. The van der Waals surface area contributed by atoms with E-state index in [1.54, 1.807) is 18.2 Å². The van der Waals surface area contributed by atoms with E-state index < -0.39 is 10.0 Å². The number of hydrogen-bond acceptors (Lipinski definition) is 3. The van der Waals surface area contributed by atoms with Gasteiger partial charge in [-0.1, -0.05) is 35.9 Å². The van der Waals surface area contributed by atoms with Gasteiger partial charge in [-0.05, 0) is 48.7 Å². The topological polar surface area (TPSA) is 66.5 Å². The fourth-order valence-corrected chi connectivity index (χ4v) is 3.57. The predicted octanol–water partition coefficient (Wildman–Crippen LogP) is 3.75. The van der Waals surface area contributed by atoms with E-state index in [1.807, 2.05) is 38.1 Å². The minimum Gasteiger partial charge on any atom is -0.326 e. The molecule has 1 amide bonds. The summed E-state index contributed by atoms with van der Waals surface area (Å²) < 4.78 is 25.5. The van der Waals surface area contributed by atoms with Crippen LogP contribution in [0.15, 0.2) is 42.5 Å². The zero-order valence-electron chi connectivity index (χ0n) is 15.1. The lowest BCUT2D eigenvalue weighted by Crippen LogP contribution is -2.32. The van der Waals surface area contributed by atoms with Gasteiger partial charge in [-0.25, -0.2) is 8.42 Å². The largest absolute Gasteiger partial charge is 0.326 e. The Balaban J connectivity index is 2.03. The molecule has 0 atom stereocenters. The van der Waals surface area contributed by atoms with Crippen LogP contribution in [-0.4, -0.2) is 31.4 Å². The van der Waals surface area contributed by atoms with Gasteiger partial charge in [0.25, 0.3) is 0 Å². The van der Waals surface area contributed by atoms with Crippen molar-refractivity contribution in [2.45, 2.75) is 26.8 Å². The van der Waals surface area contributed by atoms with Crippen LogP contribution < -0.4 is 5.32 Å². The van der Waals surface area contributed by atoms with Gasteiger partial charge in [0, 0.05) is 30.2 Å². The van der Waals surface area contributed by atoms with Gasteiger partial charge in [-0.15, -0.1) is 0 Å². The molecule has 26 heavy (non-hydrogen) atoms. The molecule has 0 radical (unpaired) electrons. The average molecular weight is 395 g/mol. The SMILES string of the molecule is Cc1ccccc1CN(CCC(=O)Nc1ccc(Cl)cc1C)S(C)(=O)=O. The second-order valence-electron chi connectivity index (χ2n) is 6.28. The molecule has 0 saturated heterocycles. The lowest BCUT2D eigenvalue weighted by molar-refractivity contribution is -0.116. The molecule has 0 aliphatic carbocycles. The summed E-state index contributed by atoms with van der Waals surface area (Å²) in [6.45, 7) is 4.15. The molecule has 0 aromatic heterocycles. The van der Waals surface area contributed by atoms with E-state index in [0.29, 0.717) is 10.7 Å². The molecule has 2 rings (SSSR count). The first-order valence-electron chi connectivity index (χ1n) is 8.22. The number of halogens is 1. The Bertz CT molecular complexity index is 897. The molecule has 0 heterocycles. The van der Waals surface area contributed by atoms with Crippen molar-refractivity contribution >= 4 is 33.2 Å². The van der Waals surface area contributed by atoms with E-state index in [9.17, 15) is 13.2 Å². The number of nitrogens with one attached hydrogen (secondary N) is 1. The van der Waals surface area contributed by atoms with Crippen molar-refractivity contribution in [1.29, 1.82) is 0 Å². The number of benzene rings is 2. The van der Waals surface area contributed by atoms with Crippen LogP contribution in [0, 0.1) is 13.8 Å². The molecule has 0 aliphatic heterocycles. The third kappa shape index (κ3) is 5.83. The summed E-state index contributed by atoms with van der Waals surface area (Å²) in [6.07, 6.45) is 1.23. The molecule has 5 nitrogen and oxygen atoms in total. The quantitative estimate of drug-likeness (QED) is 0.777. The minimum atomic E-state index is -3.43. The van der Waals surface area contributed by atoms with Gasteiger partial charge in [-0.3, -0.25) is 4.79 Å². The number of sulfonamides is 1. The smallest absolute Gasteiger partial charge is 0.225 e. The third-order valence-electron chi connectivity index (χ3n) is 4.13. The average Bonchev–Trinajstić information content (AvgIpc) is 2.54. The first-order chi connectivity index (χ1) is 12.2. The van der Waals surface area contributed by atoms with Gasteiger partial charge in [0.05, 0.1) is 6.26 Å². The van der Waals surface area contributed by atoms with Gasteiger partial charge in [0.2, 0.25) is 15.9 Å². The highest BCUT2D eigenvalue weighted by Crippen LogP contribution is 2.20. The van der Waals surface area contributed by atoms with E-state index in [4.69, 9.17) is 11.6 Å². The molecule has 2 aromatic rings. The molecule has 0 saturated carbocycles. The van der Waals surface area contributed by atoms with E-state index >= 15 is 0 Å². The molecule has 0 spiro atoms. The van der Waals surface area contributed by atoms with Crippen LogP contribution >= 0.6 is 11.6 Å². The molecule has 0 fully saturated rings. The van der Waals surface area contributed by atoms with E-state index in [1.165, 1.54) is 4.31 Å². The molecular formula is C19H23ClN2O3S. The van der Waals surface area contributed by atoms with Crippen LogP contribution in [0.2, 0.25) is 5.02 Å². The van der Waals surface area contributed by atoms with Crippen LogP contribution in [0.3, 0.4) is 0 Å². The number of carbonyl (C=O) groups excluding carboxylic acids is 1. The normalized spacial score (nSPS) is 11.6. The monoisotopic (exact) mass is 394 g/mol. The summed E-state index contributed by atoms with van der Waals surface area (Å²) in [5, 5.41) is 3.40.